The summed E-state index contributed by atoms with van der Waals surface area (Å²) in [4.78, 5) is 24.3. The van der Waals surface area contributed by atoms with Gasteiger partial charge in [-0.3, -0.25) is 4.79 Å². The number of hydrogen-bond acceptors (Lipinski definition) is 3. The van der Waals surface area contributed by atoms with E-state index in [4.69, 9.17) is 9.84 Å². The summed E-state index contributed by atoms with van der Waals surface area (Å²) >= 11 is 0. The van der Waals surface area contributed by atoms with E-state index in [1.165, 1.54) is 12.0 Å². The van der Waals surface area contributed by atoms with Gasteiger partial charge in [-0.25, -0.2) is 4.79 Å². The second-order valence-electron chi connectivity index (χ2n) is 4.42. The standard InChI is InChI=1S/C14H15NO4/c1-8(14(17)18)10-7-11-9(6-12(10)19-3)4-5-13(16)15(11)2/h6-7H,1,4-5H2,2-3H3,(H,17,18). The Bertz CT molecular complexity index is 577. The summed E-state index contributed by atoms with van der Waals surface area (Å²) in [7, 11) is 3.16. The lowest BCUT2D eigenvalue weighted by Gasteiger charge is -2.27. The quantitative estimate of drug-likeness (QED) is 0.841. The van der Waals surface area contributed by atoms with Crippen molar-refractivity contribution < 1.29 is 19.4 Å². The lowest BCUT2D eigenvalue weighted by Crippen LogP contribution is -2.31. The van der Waals surface area contributed by atoms with Gasteiger partial charge in [0.25, 0.3) is 0 Å². The van der Waals surface area contributed by atoms with Gasteiger partial charge in [0, 0.05) is 24.7 Å². The number of ether oxygens (including phenoxy) is 1. The van der Waals surface area contributed by atoms with Gasteiger partial charge >= 0.3 is 5.97 Å². The fourth-order valence-corrected chi connectivity index (χ4v) is 2.19. The van der Waals surface area contributed by atoms with Crippen molar-refractivity contribution in [1.29, 1.82) is 0 Å². The molecule has 1 amide bonds. The molecule has 0 radical (unpaired) electrons. The van der Waals surface area contributed by atoms with E-state index in [-0.39, 0.29) is 11.5 Å². The van der Waals surface area contributed by atoms with E-state index in [2.05, 4.69) is 6.58 Å². The van der Waals surface area contributed by atoms with Crippen molar-refractivity contribution in [2.24, 2.45) is 0 Å². The number of hydrogen-bond donors (Lipinski definition) is 1. The van der Waals surface area contributed by atoms with Crippen LogP contribution in [-0.4, -0.2) is 31.1 Å². The fraction of sp³-hybridized carbons (Fsp3) is 0.286. The number of carboxylic acid groups (broad SMARTS) is 1. The van der Waals surface area contributed by atoms with Crippen molar-refractivity contribution in [3.63, 3.8) is 0 Å². The van der Waals surface area contributed by atoms with Crippen LogP contribution in [0.3, 0.4) is 0 Å². The van der Waals surface area contributed by atoms with Crippen molar-refractivity contribution in [2.75, 3.05) is 19.1 Å². The first-order chi connectivity index (χ1) is 8.95. The summed E-state index contributed by atoms with van der Waals surface area (Å²) in [5.41, 5.74) is 2.04. The van der Waals surface area contributed by atoms with Crippen molar-refractivity contribution in [3.8, 4) is 5.75 Å². The minimum Gasteiger partial charge on any atom is -0.496 e. The van der Waals surface area contributed by atoms with Crippen LogP contribution in [0, 0.1) is 0 Å². The summed E-state index contributed by atoms with van der Waals surface area (Å²) < 4.78 is 5.22. The molecule has 1 aliphatic heterocycles. The molecule has 1 heterocycles. The molecule has 0 bridgehead atoms. The van der Waals surface area contributed by atoms with Crippen LogP contribution in [-0.2, 0) is 16.0 Å². The van der Waals surface area contributed by atoms with Crippen LogP contribution >= 0.6 is 0 Å². The number of carboxylic acids is 1. The van der Waals surface area contributed by atoms with Crippen molar-refractivity contribution in [1.82, 2.24) is 0 Å². The molecule has 5 heteroatoms. The van der Waals surface area contributed by atoms with E-state index in [1.54, 1.807) is 19.2 Å². The number of nitrogens with zero attached hydrogens (tertiary/aromatic N) is 1. The third-order valence-corrected chi connectivity index (χ3v) is 3.33. The summed E-state index contributed by atoms with van der Waals surface area (Å²) in [5.74, 6) is -0.624. The molecule has 0 saturated heterocycles. The number of aliphatic carboxylic acids is 1. The summed E-state index contributed by atoms with van der Waals surface area (Å²) in [6.07, 6.45) is 1.08. The molecule has 0 atom stereocenters. The van der Waals surface area contributed by atoms with Crippen LogP contribution in [0.25, 0.3) is 5.57 Å². The van der Waals surface area contributed by atoms with E-state index in [0.29, 0.717) is 24.2 Å². The van der Waals surface area contributed by atoms with E-state index < -0.39 is 5.97 Å². The smallest absolute Gasteiger partial charge is 0.335 e. The summed E-state index contributed by atoms with van der Waals surface area (Å²) in [6, 6.07) is 3.43. The van der Waals surface area contributed by atoms with E-state index in [1.807, 2.05) is 0 Å². The Labute approximate surface area is 111 Å². The predicted molar refractivity (Wildman–Crippen MR) is 71.4 cm³/mol. The average molecular weight is 261 g/mol. The van der Waals surface area contributed by atoms with E-state index in [9.17, 15) is 9.59 Å². The van der Waals surface area contributed by atoms with Gasteiger partial charge in [0.15, 0.2) is 0 Å². The minimum atomic E-state index is -1.11. The molecule has 19 heavy (non-hydrogen) atoms. The Morgan fingerprint density at radius 2 is 2.11 bits per heavy atom. The first-order valence-corrected chi connectivity index (χ1v) is 5.85. The Kier molecular flexibility index (Phi) is 3.29. The van der Waals surface area contributed by atoms with Crippen LogP contribution in [0.1, 0.15) is 17.5 Å². The number of aryl methyl sites for hydroxylation is 1. The maximum absolute atomic E-state index is 11.7. The number of benzene rings is 1. The Morgan fingerprint density at radius 3 is 2.68 bits per heavy atom. The van der Waals surface area contributed by atoms with Crippen LogP contribution in [0.2, 0.25) is 0 Å². The molecule has 1 aromatic carbocycles. The molecule has 1 N–H and O–H groups in total. The number of carbonyl (C=O) groups is 2. The molecule has 0 aliphatic carbocycles. The predicted octanol–water partition coefficient (Wildman–Crippen LogP) is 1.70. The monoisotopic (exact) mass is 261 g/mol. The zero-order chi connectivity index (χ0) is 14.2. The van der Waals surface area contributed by atoms with Crippen molar-refractivity contribution in [3.05, 3.63) is 29.8 Å². The van der Waals surface area contributed by atoms with Gasteiger partial charge in [0.1, 0.15) is 5.75 Å². The van der Waals surface area contributed by atoms with Crippen LogP contribution in [0.4, 0.5) is 5.69 Å². The highest BCUT2D eigenvalue weighted by molar-refractivity contribution is 6.16. The highest BCUT2D eigenvalue weighted by Gasteiger charge is 2.24. The van der Waals surface area contributed by atoms with E-state index in [0.717, 1.165) is 11.3 Å². The zero-order valence-electron chi connectivity index (χ0n) is 10.9. The fourth-order valence-electron chi connectivity index (χ4n) is 2.19. The lowest BCUT2D eigenvalue weighted by atomic mass is 9.96. The van der Waals surface area contributed by atoms with Gasteiger partial charge in [-0.15, -0.1) is 0 Å². The molecule has 5 nitrogen and oxygen atoms in total. The molecular formula is C14H15NO4. The second-order valence-corrected chi connectivity index (χ2v) is 4.42. The largest absolute Gasteiger partial charge is 0.496 e. The topological polar surface area (TPSA) is 66.8 Å². The zero-order valence-corrected chi connectivity index (χ0v) is 10.9. The van der Waals surface area contributed by atoms with Crippen LogP contribution < -0.4 is 9.64 Å². The number of fused-ring (bicyclic) bond motifs is 1. The van der Waals surface area contributed by atoms with Gasteiger partial charge in [0.05, 0.1) is 12.7 Å². The lowest BCUT2D eigenvalue weighted by molar-refractivity contribution is -0.130. The Balaban J connectivity index is 2.59. The highest BCUT2D eigenvalue weighted by Crippen LogP contribution is 2.36. The third-order valence-electron chi connectivity index (χ3n) is 3.33. The van der Waals surface area contributed by atoms with Crippen LogP contribution in [0.15, 0.2) is 18.7 Å². The molecule has 0 aromatic heterocycles. The van der Waals surface area contributed by atoms with Crippen LogP contribution in [0.5, 0.6) is 5.75 Å². The molecular weight excluding hydrogens is 246 g/mol. The number of amides is 1. The second kappa shape index (κ2) is 4.76. The molecule has 0 unspecified atom stereocenters. The van der Waals surface area contributed by atoms with E-state index >= 15 is 0 Å². The number of anilines is 1. The molecule has 100 valence electrons. The molecule has 0 spiro atoms. The third kappa shape index (κ3) is 2.19. The summed E-state index contributed by atoms with van der Waals surface area (Å²) in [6.45, 7) is 3.54. The maximum atomic E-state index is 11.7. The number of methoxy groups -OCH3 is 1. The Hall–Kier alpha value is -2.30. The molecule has 2 rings (SSSR count). The highest BCUT2D eigenvalue weighted by atomic mass is 16.5. The van der Waals surface area contributed by atoms with Gasteiger partial charge in [-0.05, 0) is 24.1 Å². The molecule has 1 aromatic rings. The molecule has 0 saturated carbocycles. The summed E-state index contributed by atoms with van der Waals surface area (Å²) in [5, 5.41) is 9.04. The first-order valence-electron chi connectivity index (χ1n) is 5.85. The van der Waals surface area contributed by atoms with Crippen molar-refractivity contribution >= 4 is 23.1 Å². The average Bonchev–Trinajstić information content (AvgIpc) is 2.40. The minimum absolute atomic E-state index is 0.0181. The first kappa shape index (κ1) is 13.1. The molecule has 1 aliphatic rings. The molecule has 0 fully saturated rings. The van der Waals surface area contributed by atoms with Gasteiger partial charge in [0.2, 0.25) is 5.91 Å². The van der Waals surface area contributed by atoms with Gasteiger partial charge in [-0.1, -0.05) is 6.58 Å². The van der Waals surface area contributed by atoms with Gasteiger partial charge < -0.3 is 14.7 Å². The Morgan fingerprint density at radius 1 is 1.42 bits per heavy atom. The SMILES string of the molecule is C=C(C(=O)O)c1cc2c(cc1OC)CCC(=O)N2C. The van der Waals surface area contributed by atoms with Crippen molar-refractivity contribution in [2.45, 2.75) is 12.8 Å². The number of carbonyl (C=O) groups excluding carboxylic acids is 1. The normalized spacial score (nSPS) is 14.0. The number of rotatable bonds is 3. The maximum Gasteiger partial charge on any atom is 0.335 e. The van der Waals surface area contributed by atoms with Gasteiger partial charge in [-0.2, -0.15) is 0 Å².